The normalized spacial score (nSPS) is 12.3. The number of carboxylic acids is 1. The number of fused-ring (bicyclic) bond motifs is 1. The summed E-state index contributed by atoms with van der Waals surface area (Å²) >= 11 is 6.32. The van der Waals surface area contributed by atoms with E-state index >= 15 is 0 Å². The molecule has 38 heavy (non-hydrogen) atoms. The average Bonchev–Trinajstić information content (AvgIpc) is 2.89. The average molecular weight is 534 g/mol. The molecule has 0 bridgehead atoms. The van der Waals surface area contributed by atoms with E-state index < -0.39 is 12.1 Å². The van der Waals surface area contributed by atoms with Crippen molar-refractivity contribution in [2.45, 2.75) is 39.7 Å². The van der Waals surface area contributed by atoms with Crippen LogP contribution < -0.4 is 15.0 Å². The first-order valence-corrected chi connectivity index (χ1v) is 12.4. The molecule has 0 saturated heterocycles. The second-order valence-corrected chi connectivity index (χ2v) is 9.57. The molecule has 0 fully saturated rings. The number of hydrogen-bond donors (Lipinski definition) is 1. The first-order valence-electron chi connectivity index (χ1n) is 12.0. The maximum atomic E-state index is 13.6. The molecule has 0 unspecified atom stereocenters. The molecule has 1 atom stereocenters. The van der Waals surface area contributed by atoms with E-state index in [1.807, 2.05) is 25.1 Å². The number of methoxy groups -OCH3 is 1. The molecule has 1 N–H and O–H groups in total. The van der Waals surface area contributed by atoms with Gasteiger partial charge in [0.25, 0.3) is 5.56 Å². The Morgan fingerprint density at radius 3 is 2.50 bits per heavy atom. The topological polar surface area (TPSA) is 103 Å². The van der Waals surface area contributed by atoms with E-state index in [9.17, 15) is 9.59 Å². The molecular formula is C29H28ClN3O5. The lowest BCUT2D eigenvalue weighted by molar-refractivity contribution is -0.144. The predicted molar refractivity (Wildman–Crippen MR) is 149 cm³/mol. The van der Waals surface area contributed by atoms with E-state index in [1.165, 1.54) is 17.8 Å². The van der Waals surface area contributed by atoms with Crippen LogP contribution in [0.15, 0.2) is 64.5 Å². The molecule has 0 aliphatic heterocycles. The smallest absolute Gasteiger partial charge is 0.344 e. The number of halogens is 1. The summed E-state index contributed by atoms with van der Waals surface area (Å²) in [7, 11) is 1.64. The van der Waals surface area contributed by atoms with Gasteiger partial charge in [0.05, 0.1) is 29.2 Å². The van der Waals surface area contributed by atoms with E-state index in [0.29, 0.717) is 22.3 Å². The lowest BCUT2D eigenvalue weighted by Gasteiger charge is -2.17. The summed E-state index contributed by atoms with van der Waals surface area (Å²) in [6, 6.07) is 15.9. The van der Waals surface area contributed by atoms with E-state index in [0.717, 1.165) is 22.4 Å². The van der Waals surface area contributed by atoms with Crippen LogP contribution in [0.1, 0.15) is 43.4 Å². The summed E-state index contributed by atoms with van der Waals surface area (Å²) < 4.78 is 12.3. The maximum Gasteiger partial charge on any atom is 0.344 e. The molecule has 0 aliphatic carbocycles. The Kier molecular flexibility index (Phi) is 7.83. The van der Waals surface area contributed by atoms with Crippen LogP contribution in [0.5, 0.6) is 11.5 Å². The standard InChI is InChI=1S/C29H28ClN3O5/c1-16(2)21-14-22(17(3)12-26(21)37-5)27-32-24-9-7-6-8-20(24)28(34)33(27)31-15-19-10-11-25(23(30)13-19)38-18(4)29(35)36/h6-16,18H,1-5H3,(H,35,36)/t18-/m1/s1. The number of aromatic nitrogens is 2. The molecule has 196 valence electrons. The summed E-state index contributed by atoms with van der Waals surface area (Å²) in [6.07, 6.45) is 0.445. The number of aryl methyl sites for hydroxylation is 1. The Hall–Kier alpha value is -4.17. The fourth-order valence-corrected chi connectivity index (χ4v) is 4.26. The number of benzene rings is 3. The highest BCUT2D eigenvalue weighted by Gasteiger charge is 2.19. The van der Waals surface area contributed by atoms with Crippen molar-refractivity contribution < 1.29 is 19.4 Å². The van der Waals surface area contributed by atoms with Crippen molar-refractivity contribution in [3.05, 3.63) is 86.7 Å². The number of carboxylic acid groups (broad SMARTS) is 1. The Morgan fingerprint density at radius 2 is 1.84 bits per heavy atom. The lowest BCUT2D eigenvalue weighted by atomic mass is 9.96. The fraction of sp³-hybridized carbons (Fsp3) is 0.241. The van der Waals surface area contributed by atoms with E-state index in [-0.39, 0.29) is 22.2 Å². The van der Waals surface area contributed by atoms with Crippen LogP contribution in [0.3, 0.4) is 0 Å². The van der Waals surface area contributed by atoms with Crippen LogP contribution >= 0.6 is 11.6 Å². The van der Waals surface area contributed by atoms with Crippen molar-refractivity contribution in [1.29, 1.82) is 0 Å². The van der Waals surface area contributed by atoms with Crippen molar-refractivity contribution in [1.82, 2.24) is 9.66 Å². The van der Waals surface area contributed by atoms with Gasteiger partial charge >= 0.3 is 5.97 Å². The Bertz CT molecular complexity index is 1610. The molecule has 0 radical (unpaired) electrons. The highest BCUT2D eigenvalue weighted by Crippen LogP contribution is 2.34. The Balaban J connectivity index is 1.85. The highest BCUT2D eigenvalue weighted by molar-refractivity contribution is 6.32. The van der Waals surface area contributed by atoms with Gasteiger partial charge in [-0.05, 0) is 78.9 Å². The summed E-state index contributed by atoms with van der Waals surface area (Å²) in [6.45, 7) is 7.50. The number of ether oxygens (including phenoxy) is 2. The zero-order valence-corrected chi connectivity index (χ0v) is 22.5. The number of aliphatic carboxylic acids is 1. The van der Waals surface area contributed by atoms with Crippen LogP contribution in [-0.4, -0.2) is 40.2 Å². The van der Waals surface area contributed by atoms with Crippen LogP contribution in [0, 0.1) is 6.92 Å². The third-order valence-electron chi connectivity index (χ3n) is 6.12. The Morgan fingerprint density at radius 1 is 1.11 bits per heavy atom. The van der Waals surface area contributed by atoms with Crippen LogP contribution in [0.25, 0.3) is 22.3 Å². The predicted octanol–water partition coefficient (Wildman–Crippen LogP) is 5.89. The molecule has 0 amide bonds. The third kappa shape index (κ3) is 5.40. The molecule has 8 nitrogen and oxygen atoms in total. The molecule has 1 aromatic heterocycles. The molecule has 3 aromatic carbocycles. The number of carbonyl (C=O) groups is 1. The summed E-state index contributed by atoms with van der Waals surface area (Å²) in [4.78, 5) is 29.5. The van der Waals surface area contributed by atoms with Gasteiger partial charge in [-0.3, -0.25) is 4.79 Å². The minimum absolute atomic E-state index is 0.181. The van der Waals surface area contributed by atoms with Crippen molar-refractivity contribution in [3.63, 3.8) is 0 Å². The largest absolute Gasteiger partial charge is 0.496 e. The van der Waals surface area contributed by atoms with Gasteiger partial charge in [0.15, 0.2) is 11.9 Å². The van der Waals surface area contributed by atoms with E-state index in [1.54, 1.807) is 43.5 Å². The SMILES string of the molecule is COc1cc(C)c(-c2nc3ccccc3c(=O)n2N=Cc2ccc(O[C@H](C)C(=O)O)c(Cl)c2)cc1C(C)C. The third-order valence-corrected chi connectivity index (χ3v) is 6.42. The minimum atomic E-state index is -1.10. The van der Waals surface area contributed by atoms with Crippen LogP contribution in [0.4, 0.5) is 0 Å². The second-order valence-electron chi connectivity index (χ2n) is 9.17. The van der Waals surface area contributed by atoms with Gasteiger partial charge in [-0.2, -0.15) is 9.78 Å². The van der Waals surface area contributed by atoms with Crippen molar-refractivity contribution >= 4 is 34.7 Å². The number of hydrogen-bond acceptors (Lipinski definition) is 6. The zero-order valence-electron chi connectivity index (χ0n) is 21.7. The number of para-hydroxylation sites is 1. The van der Waals surface area contributed by atoms with Gasteiger partial charge in [0, 0.05) is 5.56 Å². The monoisotopic (exact) mass is 533 g/mol. The molecule has 0 spiro atoms. The summed E-state index contributed by atoms with van der Waals surface area (Å²) in [5, 5.41) is 14.3. The summed E-state index contributed by atoms with van der Waals surface area (Å²) in [5.74, 6) is 0.484. The van der Waals surface area contributed by atoms with Crippen molar-refractivity contribution in [2.24, 2.45) is 5.10 Å². The first kappa shape index (κ1) is 26.9. The van der Waals surface area contributed by atoms with Crippen molar-refractivity contribution in [3.8, 4) is 22.9 Å². The molecule has 9 heteroatoms. The van der Waals surface area contributed by atoms with Gasteiger partial charge in [-0.25, -0.2) is 9.78 Å². The van der Waals surface area contributed by atoms with Crippen LogP contribution in [-0.2, 0) is 4.79 Å². The zero-order chi connectivity index (χ0) is 27.6. The molecule has 4 rings (SSSR count). The van der Waals surface area contributed by atoms with Gasteiger partial charge in [0.1, 0.15) is 11.5 Å². The van der Waals surface area contributed by atoms with Crippen LogP contribution in [0.2, 0.25) is 5.02 Å². The van der Waals surface area contributed by atoms with Gasteiger partial charge in [-0.1, -0.05) is 37.6 Å². The maximum absolute atomic E-state index is 13.6. The fourth-order valence-electron chi connectivity index (χ4n) is 4.03. The second kappa shape index (κ2) is 11.1. The minimum Gasteiger partial charge on any atom is -0.496 e. The molecule has 0 aliphatic rings. The summed E-state index contributed by atoms with van der Waals surface area (Å²) in [5.41, 5.74) is 3.48. The molecule has 0 saturated carbocycles. The lowest BCUT2D eigenvalue weighted by Crippen LogP contribution is -2.23. The quantitative estimate of drug-likeness (QED) is 0.283. The van der Waals surface area contributed by atoms with Gasteiger partial charge in [-0.15, -0.1) is 0 Å². The van der Waals surface area contributed by atoms with Gasteiger partial charge in [0.2, 0.25) is 0 Å². The first-order chi connectivity index (χ1) is 18.1. The Labute approximate surface area is 225 Å². The van der Waals surface area contributed by atoms with E-state index in [2.05, 4.69) is 18.9 Å². The molecular weight excluding hydrogens is 506 g/mol. The number of rotatable bonds is 8. The molecule has 4 aromatic rings. The van der Waals surface area contributed by atoms with E-state index in [4.69, 9.17) is 31.2 Å². The highest BCUT2D eigenvalue weighted by atomic mass is 35.5. The number of nitrogens with zero attached hydrogens (tertiary/aromatic N) is 3. The van der Waals surface area contributed by atoms with Gasteiger partial charge < -0.3 is 14.6 Å². The molecule has 1 heterocycles. The van der Waals surface area contributed by atoms with Crippen molar-refractivity contribution in [2.75, 3.05) is 7.11 Å².